The van der Waals surface area contributed by atoms with E-state index in [0.717, 1.165) is 6.42 Å². The van der Waals surface area contributed by atoms with Crippen LogP contribution in [0.5, 0.6) is 0 Å². The van der Waals surface area contributed by atoms with E-state index in [1.165, 1.54) is 128 Å². The lowest BCUT2D eigenvalue weighted by atomic mass is 10.2. The van der Waals surface area contributed by atoms with Crippen molar-refractivity contribution in [2.45, 2.75) is 217 Å². The molecule has 0 aliphatic rings. The fraction of sp³-hybridized carbons (Fsp3) is 0.971. The molecule has 0 aromatic carbocycles. The van der Waals surface area contributed by atoms with E-state index in [0.29, 0.717) is 6.42 Å². The van der Waals surface area contributed by atoms with Gasteiger partial charge in [0.2, 0.25) is 0 Å². The van der Waals surface area contributed by atoms with E-state index in [-0.39, 0.29) is 0 Å². The van der Waals surface area contributed by atoms with Gasteiger partial charge in [0, 0.05) is 6.42 Å². The topological polar surface area (TPSA) is 37.3 Å². The van der Waals surface area contributed by atoms with Gasteiger partial charge in [-0.2, -0.15) is 0 Å². The molecule has 0 aromatic rings. The highest BCUT2D eigenvalue weighted by Gasteiger charge is 1.87. The minimum atomic E-state index is -0.711. The van der Waals surface area contributed by atoms with Crippen molar-refractivity contribution in [1.82, 2.24) is 0 Å². The fourth-order valence-corrected chi connectivity index (χ4v) is 2.71. The van der Waals surface area contributed by atoms with Crippen LogP contribution >= 0.6 is 0 Å². The van der Waals surface area contributed by atoms with Crippen LogP contribution in [0.15, 0.2) is 0 Å². The van der Waals surface area contributed by atoms with Gasteiger partial charge >= 0.3 is 5.97 Å². The summed E-state index contributed by atoms with van der Waals surface area (Å²) in [5, 5.41) is 7.91. The van der Waals surface area contributed by atoms with Gasteiger partial charge in [-0.05, 0) is 6.42 Å². The Kier molecular flexibility index (Phi) is 86.9. The van der Waals surface area contributed by atoms with Gasteiger partial charge in [-0.25, -0.2) is 0 Å². The summed E-state index contributed by atoms with van der Waals surface area (Å²) in [6, 6.07) is 0. The monoisotopic (exact) mass is 519 g/mol. The quantitative estimate of drug-likeness (QED) is 0.194. The molecule has 0 aliphatic heterocycles. The van der Waals surface area contributed by atoms with Crippen molar-refractivity contribution in [2.24, 2.45) is 0 Å². The van der Waals surface area contributed by atoms with E-state index >= 15 is 0 Å². The summed E-state index contributed by atoms with van der Waals surface area (Å²) in [6.07, 6.45) is 28.7. The molecule has 0 amide bonds. The Morgan fingerprint density at radius 3 is 0.500 bits per heavy atom. The number of carboxylic acid groups (broad SMARTS) is 1. The van der Waals surface area contributed by atoms with Crippen LogP contribution in [-0.2, 0) is 4.79 Å². The molecule has 0 aliphatic carbocycles. The predicted octanol–water partition coefficient (Wildman–Crippen LogP) is 13.8. The molecular formula is C34H78O2. The van der Waals surface area contributed by atoms with Crippen LogP contribution in [0.4, 0.5) is 0 Å². The third-order valence-corrected chi connectivity index (χ3v) is 5.25. The standard InChI is InChI=1S/5C6H14.C4H8O2/c5*1-3-5-6-4-2;1-2-3-4(5)6/h5*3-6H2,1-2H3;2-3H2,1H3,(H,5,6). The first-order valence-electron chi connectivity index (χ1n) is 16.6. The lowest BCUT2D eigenvalue weighted by molar-refractivity contribution is -0.137. The molecule has 36 heavy (non-hydrogen) atoms. The summed E-state index contributed by atoms with van der Waals surface area (Å²) in [4.78, 5) is 9.60. The molecule has 0 aromatic heterocycles. The second-order valence-corrected chi connectivity index (χ2v) is 9.68. The first-order chi connectivity index (χ1) is 17.3. The number of hydrogen-bond donors (Lipinski definition) is 1. The van der Waals surface area contributed by atoms with Crippen molar-refractivity contribution < 1.29 is 9.90 Å². The molecule has 2 nitrogen and oxygen atoms in total. The zero-order chi connectivity index (χ0) is 29.1. The molecule has 2 heteroatoms. The van der Waals surface area contributed by atoms with Crippen molar-refractivity contribution in [3.63, 3.8) is 0 Å². The summed E-state index contributed by atoms with van der Waals surface area (Å²) < 4.78 is 0. The van der Waals surface area contributed by atoms with Crippen molar-refractivity contribution in [1.29, 1.82) is 0 Å². The molecule has 0 atom stereocenters. The van der Waals surface area contributed by atoms with Gasteiger partial charge in [-0.3, -0.25) is 4.79 Å². The second-order valence-electron chi connectivity index (χ2n) is 9.68. The lowest BCUT2D eigenvalue weighted by Crippen LogP contribution is -1.90. The van der Waals surface area contributed by atoms with Crippen molar-refractivity contribution in [3.05, 3.63) is 0 Å². The second kappa shape index (κ2) is 64.5. The Labute approximate surface area is 233 Å². The van der Waals surface area contributed by atoms with Gasteiger partial charge in [-0.15, -0.1) is 0 Å². The molecule has 0 heterocycles. The van der Waals surface area contributed by atoms with Crippen molar-refractivity contribution >= 4 is 5.97 Å². The molecule has 0 rings (SSSR count). The molecule has 0 bridgehead atoms. The summed E-state index contributed by atoms with van der Waals surface area (Å²) in [7, 11) is 0. The highest BCUT2D eigenvalue weighted by molar-refractivity contribution is 5.66. The number of aliphatic carboxylic acids is 1. The Bertz CT molecular complexity index is 210. The Morgan fingerprint density at radius 2 is 0.472 bits per heavy atom. The Morgan fingerprint density at radius 1 is 0.333 bits per heavy atom. The first-order valence-corrected chi connectivity index (χ1v) is 16.6. The van der Waals surface area contributed by atoms with Gasteiger partial charge in [0.25, 0.3) is 0 Å². The minimum absolute atomic E-state index is 0.292. The summed E-state index contributed by atoms with van der Waals surface area (Å²) >= 11 is 0. The zero-order valence-corrected chi connectivity index (χ0v) is 27.9. The highest BCUT2D eigenvalue weighted by Crippen LogP contribution is 1.97. The van der Waals surface area contributed by atoms with Crippen molar-refractivity contribution in [2.75, 3.05) is 0 Å². The fourth-order valence-electron chi connectivity index (χ4n) is 2.71. The molecule has 0 saturated carbocycles. The molecule has 0 saturated heterocycles. The number of unbranched alkanes of at least 4 members (excludes halogenated alkanes) is 15. The third kappa shape index (κ3) is 116. The van der Waals surface area contributed by atoms with Gasteiger partial charge in [0.15, 0.2) is 0 Å². The van der Waals surface area contributed by atoms with E-state index < -0.39 is 5.97 Å². The lowest BCUT2D eigenvalue weighted by Gasteiger charge is -1.86. The van der Waals surface area contributed by atoms with Crippen LogP contribution in [0.2, 0.25) is 0 Å². The van der Waals surface area contributed by atoms with Crippen LogP contribution in [0.25, 0.3) is 0 Å². The van der Waals surface area contributed by atoms with Crippen LogP contribution in [0, 0.1) is 0 Å². The smallest absolute Gasteiger partial charge is 0.303 e. The maximum Gasteiger partial charge on any atom is 0.303 e. The molecule has 0 unspecified atom stereocenters. The average Bonchev–Trinajstić information content (AvgIpc) is 2.88. The maximum absolute atomic E-state index is 9.60. The number of hydrogen-bond acceptors (Lipinski definition) is 1. The molecular weight excluding hydrogens is 440 g/mol. The van der Waals surface area contributed by atoms with Gasteiger partial charge in [-0.1, -0.05) is 205 Å². The number of rotatable bonds is 17. The van der Waals surface area contributed by atoms with E-state index in [1.807, 2.05) is 6.92 Å². The highest BCUT2D eigenvalue weighted by atomic mass is 16.4. The summed E-state index contributed by atoms with van der Waals surface area (Å²) in [6.45, 7) is 24.2. The van der Waals surface area contributed by atoms with E-state index in [9.17, 15) is 4.79 Å². The SMILES string of the molecule is CCCC(=O)O.CCCCCC.CCCCCC.CCCCCC.CCCCCC.CCCCCC. The van der Waals surface area contributed by atoms with Crippen LogP contribution < -0.4 is 0 Å². The largest absolute Gasteiger partial charge is 0.481 e. The van der Waals surface area contributed by atoms with Gasteiger partial charge < -0.3 is 5.11 Å². The van der Waals surface area contributed by atoms with Crippen LogP contribution in [-0.4, -0.2) is 11.1 Å². The molecule has 0 radical (unpaired) electrons. The van der Waals surface area contributed by atoms with Crippen molar-refractivity contribution in [3.8, 4) is 0 Å². The molecule has 226 valence electrons. The third-order valence-electron chi connectivity index (χ3n) is 5.25. The van der Waals surface area contributed by atoms with E-state index in [2.05, 4.69) is 69.2 Å². The van der Waals surface area contributed by atoms with Gasteiger partial charge in [0.05, 0.1) is 0 Å². The van der Waals surface area contributed by atoms with Crippen LogP contribution in [0.1, 0.15) is 217 Å². The number of carboxylic acids is 1. The molecule has 0 spiro atoms. The Hall–Kier alpha value is -0.530. The average molecular weight is 519 g/mol. The molecule has 1 N–H and O–H groups in total. The first kappa shape index (κ1) is 48.5. The Balaban J connectivity index is -0.0000000750. The summed E-state index contributed by atoms with van der Waals surface area (Å²) in [5.41, 5.74) is 0. The number of carbonyl (C=O) groups is 1. The van der Waals surface area contributed by atoms with E-state index in [1.54, 1.807) is 0 Å². The molecule has 0 fully saturated rings. The predicted molar refractivity (Wildman–Crippen MR) is 172 cm³/mol. The van der Waals surface area contributed by atoms with Gasteiger partial charge in [0.1, 0.15) is 0 Å². The maximum atomic E-state index is 9.60. The zero-order valence-electron chi connectivity index (χ0n) is 27.9. The van der Waals surface area contributed by atoms with Crippen LogP contribution in [0.3, 0.4) is 0 Å². The normalized spacial score (nSPS) is 8.86. The minimum Gasteiger partial charge on any atom is -0.481 e. The summed E-state index contributed by atoms with van der Waals surface area (Å²) in [5.74, 6) is -0.711. The van der Waals surface area contributed by atoms with E-state index in [4.69, 9.17) is 5.11 Å².